The van der Waals surface area contributed by atoms with Crippen molar-refractivity contribution in [3.8, 4) is 0 Å². The molecule has 6 heteroatoms. The fourth-order valence-corrected chi connectivity index (χ4v) is 1.26. The molecule has 102 valence electrons. The van der Waals surface area contributed by atoms with Crippen LogP contribution in [-0.2, 0) is 0 Å². The predicted molar refractivity (Wildman–Crippen MR) is 76.1 cm³/mol. The van der Waals surface area contributed by atoms with E-state index in [0.29, 0.717) is 29.9 Å². The van der Waals surface area contributed by atoms with E-state index in [1.54, 1.807) is 7.05 Å². The van der Waals surface area contributed by atoms with Crippen molar-refractivity contribution in [2.24, 2.45) is 0 Å². The Balaban J connectivity index is 2.87. The Kier molecular flexibility index (Phi) is 5.61. The summed E-state index contributed by atoms with van der Waals surface area (Å²) in [5.41, 5.74) is 0. The molecule has 0 fully saturated rings. The largest absolute Gasteiger partial charge is 0.357 e. The minimum absolute atomic E-state index is 0.341. The molecule has 0 spiro atoms. The molecule has 0 aliphatic heterocycles. The van der Waals surface area contributed by atoms with Gasteiger partial charge in [-0.05, 0) is 26.7 Å². The van der Waals surface area contributed by atoms with Gasteiger partial charge in [-0.15, -0.1) is 0 Å². The third-order valence-corrected chi connectivity index (χ3v) is 2.83. The summed E-state index contributed by atoms with van der Waals surface area (Å²) < 4.78 is 0. The van der Waals surface area contributed by atoms with Gasteiger partial charge in [0, 0.05) is 19.1 Å². The Morgan fingerprint density at radius 1 is 0.833 bits per heavy atom. The van der Waals surface area contributed by atoms with Crippen molar-refractivity contribution in [2.45, 2.75) is 52.6 Å². The van der Waals surface area contributed by atoms with Crippen LogP contribution in [0, 0.1) is 0 Å². The van der Waals surface area contributed by atoms with Gasteiger partial charge in [-0.3, -0.25) is 0 Å². The molecule has 0 bridgehead atoms. The first kappa shape index (κ1) is 14.5. The average Bonchev–Trinajstić information content (AvgIpc) is 2.37. The van der Waals surface area contributed by atoms with Crippen LogP contribution in [-0.4, -0.2) is 34.1 Å². The van der Waals surface area contributed by atoms with E-state index in [-0.39, 0.29) is 0 Å². The van der Waals surface area contributed by atoms with E-state index in [2.05, 4.69) is 58.6 Å². The monoisotopic (exact) mass is 252 g/mol. The van der Waals surface area contributed by atoms with E-state index in [1.165, 1.54) is 0 Å². The number of hydrogen-bond donors (Lipinski definition) is 3. The van der Waals surface area contributed by atoms with Crippen molar-refractivity contribution in [1.82, 2.24) is 15.0 Å². The molecular formula is C12H24N6. The van der Waals surface area contributed by atoms with E-state index >= 15 is 0 Å². The van der Waals surface area contributed by atoms with E-state index in [0.717, 1.165) is 12.8 Å². The molecule has 2 atom stereocenters. The summed E-state index contributed by atoms with van der Waals surface area (Å²) in [5.74, 6) is 1.78. The van der Waals surface area contributed by atoms with E-state index < -0.39 is 0 Å². The molecule has 0 aliphatic rings. The maximum Gasteiger partial charge on any atom is 0.229 e. The number of aromatic nitrogens is 3. The van der Waals surface area contributed by atoms with Gasteiger partial charge >= 0.3 is 0 Å². The maximum absolute atomic E-state index is 4.37. The highest BCUT2D eigenvalue weighted by Crippen LogP contribution is 2.12. The molecule has 0 saturated heterocycles. The Morgan fingerprint density at radius 3 is 1.56 bits per heavy atom. The molecule has 0 radical (unpaired) electrons. The van der Waals surface area contributed by atoms with Crippen molar-refractivity contribution < 1.29 is 0 Å². The third kappa shape index (κ3) is 4.35. The second-order valence-corrected chi connectivity index (χ2v) is 4.46. The summed E-state index contributed by atoms with van der Waals surface area (Å²) in [4.78, 5) is 12.9. The first-order valence-electron chi connectivity index (χ1n) is 6.55. The number of hydrogen-bond acceptors (Lipinski definition) is 6. The normalized spacial score (nSPS) is 13.8. The third-order valence-electron chi connectivity index (χ3n) is 2.83. The van der Waals surface area contributed by atoms with Gasteiger partial charge in [0.25, 0.3) is 0 Å². The zero-order valence-electron chi connectivity index (χ0n) is 11.9. The highest BCUT2D eigenvalue weighted by atomic mass is 15.3. The van der Waals surface area contributed by atoms with Crippen LogP contribution < -0.4 is 16.0 Å². The second kappa shape index (κ2) is 6.98. The van der Waals surface area contributed by atoms with Gasteiger partial charge in [0.2, 0.25) is 17.8 Å². The van der Waals surface area contributed by atoms with Gasteiger partial charge in [0.15, 0.2) is 0 Å². The summed E-state index contributed by atoms with van der Waals surface area (Å²) in [6.07, 6.45) is 2.05. The quantitative estimate of drug-likeness (QED) is 0.691. The molecule has 1 aromatic rings. The lowest BCUT2D eigenvalue weighted by Gasteiger charge is -2.15. The van der Waals surface area contributed by atoms with Crippen LogP contribution in [0.5, 0.6) is 0 Å². The summed E-state index contributed by atoms with van der Waals surface area (Å²) >= 11 is 0. The van der Waals surface area contributed by atoms with Gasteiger partial charge in [0.05, 0.1) is 0 Å². The number of nitrogens with zero attached hydrogens (tertiary/aromatic N) is 3. The highest BCUT2D eigenvalue weighted by Gasteiger charge is 2.09. The molecule has 18 heavy (non-hydrogen) atoms. The minimum Gasteiger partial charge on any atom is -0.357 e. The predicted octanol–water partition coefficient (Wildman–Crippen LogP) is 2.33. The smallest absolute Gasteiger partial charge is 0.229 e. The summed E-state index contributed by atoms with van der Waals surface area (Å²) in [6, 6.07) is 0.683. The van der Waals surface area contributed by atoms with Crippen LogP contribution in [0.15, 0.2) is 0 Å². The van der Waals surface area contributed by atoms with Crippen molar-refractivity contribution >= 4 is 17.8 Å². The maximum atomic E-state index is 4.37. The first-order chi connectivity index (χ1) is 8.58. The zero-order valence-corrected chi connectivity index (χ0v) is 11.9. The molecule has 1 rings (SSSR count). The molecule has 1 heterocycles. The summed E-state index contributed by atoms with van der Waals surface area (Å²) in [7, 11) is 1.80. The fourth-order valence-electron chi connectivity index (χ4n) is 1.26. The van der Waals surface area contributed by atoms with Crippen LogP contribution in [0.25, 0.3) is 0 Å². The number of anilines is 3. The topological polar surface area (TPSA) is 74.8 Å². The van der Waals surface area contributed by atoms with Crippen molar-refractivity contribution in [3.63, 3.8) is 0 Å². The Hall–Kier alpha value is -1.59. The zero-order chi connectivity index (χ0) is 13.5. The lowest BCUT2D eigenvalue weighted by molar-refractivity contribution is 0.739. The van der Waals surface area contributed by atoms with Gasteiger partial charge in [-0.25, -0.2) is 0 Å². The van der Waals surface area contributed by atoms with Gasteiger partial charge < -0.3 is 16.0 Å². The minimum atomic E-state index is 0.341. The molecular weight excluding hydrogens is 228 g/mol. The molecule has 1 aromatic heterocycles. The summed E-state index contributed by atoms with van der Waals surface area (Å²) in [6.45, 7) is 8.45. The molecule has 6 nitrogen and oxygen atoms in total. The van der Waals surface area contributed by atoms with Crippen molar-refractivity contribution in [2.75, 3.05) is 23.0 Å². The standard InChI is InChI=1S/C12H24N6/c1-6-8(3)14-11-16-10(13-5)17-12(18-11)15-9(4)7-2/h8-9H,6-7H2,1-5H3,(H3,13,14,15,16,17,18)/t8-,9-/m0/s1. The fraction of sp³-hybridized carbons (Fsp3) is 0.750. The van der Waals surface area contributed by atoms with Crippen LogP contribution in [0.1, 0.15) is 40.5 Å². The lowest BCUT2D eigenvalue weighted by Crippen LogP contribution is -2.20. The Bertz CT molecular complexity index is 337. The van der Waals surface area contributed by atoms with E-state index in [1.807, 2.05) is 0 Å². The Morgan fingerprint density at radius 2 is 1.22 bits per heavy atom. The number of nitrogens with one attached hydrogen (secondary N) is 3. The van der Waals surface area contributed by atoms with Crippen LogP contribution in [0.3, 0.4) is 0 Å². The SMILES string of the molecule is CC[C@H](C)Nc1nc(NC)nc(N[C@@H](C)CC)n1. The molecule has 0 aromatic carbocycles. The molecule has 0 amide bonds. The average molecular weight is 252 g/mol. The first-order valence-corrected chi connectivity index (χ1v) is 6.55. The van der Waals surface area contributed by atoms with Crippen molar-refractivity contribution in [3.05, 3.63) is 0 Å². The van der Waals surface area contributed by atoms with Crippen molar-refractivity contribution in [1.29, 1.82) is 0 Å². The molecule has 0 aliphatic carbocycles. The van der Waals surface area contributed by atoms with Crippen LogP contribution in [0.2, 0.25) is 0 Å². The Labute approximate surface area is 109 Å². The van der Waals surface area contributed by atoms with Crippen LogP contribution >= 0.6 is 0 Å². The molecule has 0 unspecified atom stereocenters. The molecule has 3 N–H and O–H groups in total. The van der Waals surface area contributed by atoms with Gasteiger partial charge in [-0.2, -0.15) is 15.0 Å². The van der Waals surface area contributed by atoms with E-state index in [4.69, 9.17) is 0 Å². The number of rotatable bonds is 7. The highest BCUT2D eigenvalue weighted by molar-refractivity contribution is 5.42. The van der Waals surface area contributed by atoms with Gasteiger partial charge in [-0.1, -0.05) is 13.8 Å². The lowest BCUT2D eigenvalue weighted by atomic mass is 10.3. The van der Waals surface area contributed by atoms with Crippen LogP contribution in [0.4, 0.5) is 17.8 Å². The van der Waals surface area contributed by atoms with Gasteiger partial charge in [0.1, 0.15) is 0 Å². The summed E-state index contributed by atoms with van der Waals surface area (Å²) in [5, 5.41) is 9.46. The second-order valence-electron chi connectivity index (χ2n) is 4.46. The molecule has 0 saturated carbocycles. The van der Waals surface area contributed by atoms with E-state index in [9.17, 15) is 0 Å².